The lowest BCUT2D eigenvalue weighted by molar-refractivity contribution is 0.522. The zero-order chi connectivity index (χ0) is 9.90. The molecule has 1 fully saturated rings. The molecule has 1 aliphatic carbocycles. The molecule has 2 unspecified atom stereocenters. The van der Waals surface area contributed by atoms with E-state index in [1.807, 2.05) is 6.92 Å². The van der Waals surface area contributed by atoms with Crippen molar-refractivity contribution in [3.63, 3.8) is 0 Å². The molecule has 0 nitrogen and oxygen atoms in total. The molecule has 1 saturated carbocycles. The summed E-state index contributed by atoms with van der Waals surface area (Å²) in [7, 11) is 2.23. The Balaban J connectivity index is 2.73. The highest BCUT2D eigenvalue weighted by Gasteiger charge is 2.48. The van der Waals surface area contributed by atoms with Crippen LogP contribution in [-0.4, -0.2) is 14.3 Å². The normalized spacial score (nSPS) is 33.4. The maximum absolute atomic E-state index is 13.9. The van der Waals surface area contributed by atoms with Gasteiger partial charge in [0.25, 0.3) is 0 Å². The van der Waals surface area contributed by atoms with Crippen LogP contribution in [0.3, 0.4) is 0 Å². The molecular formula is C10H20B2F. The Morgan fingerprint density at radius 2 is 2.23 bits per heavy atom. The third-order valence-electron chi connectivity index (χ3n) is 3.69. The molecule has 1 aliphatic rings. The topological polar surface area (TPSA) is 0 Å². The molecule has 73 valence electrons. The van der Waals surface area contributed by atoms with Crippen LogP contribution in [0.5, 0.6) is 0 Å². The Morgan fingerprint density at radius 1 is 1.54 bits per heavy atom. The van der Waals surface area contributed by atoms with Gasteiger partial charge in [0, 0.05) is 0 Å². The molecule has 0 aliphatic heterocycles. The van der Waals surface area contributed by atoms with Crippen LogP contribution in [0.15, 0.2) is 0 Å². The summed E-state index contributed by atoms with van der Waals surface area (Å²) in [5.74, 6) is 0.544. The summed E-state index contributed by atoms with van der Waals surface area (Å²) in [6.45, 7) is 5.67. The van der Waals surface area contributed by atoms with Crippen molar-refractivity contribution >= 4 is 14.3 Å². The van der Waals surface area contributed by atoms with E-state index in [0.717, 1.165) is 12.7 Å². The second-order valence-corrected chi connectivity index (χ2v) is 4.39. The molecular weight excluding hydrogens is 161 g/mol. The molecule has 0 aromatic rings. The third-order valence-corrected chi connectivity index (χ3v) is 3.69. The Bertz CT molecular complexity index is 163. The Hall–Kier alpha value is 0.0599. The van der Waals surface area contributed by atoms with Gasteiger partial charge in [0.1, 0.15) is 7.28 Å². The van der Waals surface area contributed by atoms with Crippen molar-refractivity contribution in [3.8, 4) is 0 Å². The first-order valence-corrected chi connectivity index (χ1v) is 5.65. The fourth-order valence-corrected chi connectivity index (χ4v) is 2.89. The fourth-order valence-electron chi connectivity index (χ4n) is 2.89. The van der Waals surface area contributed by atoms with Crippen LogP contribution in [0.4, 0.5) is 4.32 Å². The van der Waals surface area contributed by atoms with Crippen LogP contribution in [0.1, 0.15) is 40.0 Å². The summed E-state index contributed by atoms with van der Waals surface area (Å²) in [6, 6.07) is 0. The first kappa shape index (κ1) is 11.1. The van der Waals surface area contributed by atoms with Crippen molar-refractivity contribution in [1.29, 1.82) is 0 Å². The van der Waals surface area contributed by atoms with Crippen molar-refractivity contribution in [1.82, 2.24) is 0 Å². The van der Waals surface area contributed by atoms with Crippen LogP contribution in [0.25, 0.3) is 0 Å². The standard InChI is InChI=1S/C10H20B2F/c1-4-11-10(12(13)5-2)8-6-7-9(10)3/h9H,4-8H2,1-3H3. The van der Waals surface area contributed by atoms with Gasteiger partial charge in [0.2, 0.25) is 0 Å². The smallest absolute Gasteiger partial charge is 0.336 e. The second kappa shape index (κ2) is 4.52. The van der Waals surface area contributed by atoms with Gasteiger partial charge in [0.15, 0.2) is 0 Å². The van der Waals surface area contributed by atoms with E-state index in [2.05, 4.69) is 21.1 Å². The maximum Gasteiger partial charge on any atom is 0.346 e. The highest BCUT2D eigenvalue weighted by atomic mass is 19.1. The summed E-state index contributed by atoms with van der Waals surface area (Å²) in [4.78, 5) is 0. The van der Waals surface area contributed by atoms with Gasteiger partial charge in [-0.25, -0.2) is 0 Å². The molecule has 0 bridgehead atoms. The van der Waals surface area contributed by atoms with E-state index >= 15 is 0 Å². The molecule has 13 heavy (non-hydrogen) atoms. The fraction of sp³-hybridized carbons (Fsp3) is 1.00. The number of halogens is 1. The average Bonchev–Trinajstić information content (AvgIpc) is 2.48. The summed E-state index contributed by atoms with van der Waals surface area (Å²) in [5.41, 5.74) is 0. The van der Waals surface area contributed by atoms with E-state index in [4.69, 9.17) is 0 Å². The number of hydrogen-bond donors (Lipinski definition) is 0. The zero-order valence-corrected chi connectivity index (χ0v) is 9.15. The predicted molar refractivity (Wildman–Crippen MR) is 59.3 cm³/mol. The molecule has 0 aromatic heterocycles. The van der Waals surface area contributed by atoms with E-state index in [0.29, 0.717) is 12.2 Å². The zero-order valence-electron chi connectivity index (χ0n) is 9.15. The number of hydrogen-bond acceptors (Lipinski definition) is 0. The van der Waals surface area contributed by atoms with Gasteiger partial charge in [0.05, 0.1) is 0 Å². The average molecular weight is 181 g/mol. The monoisotopic (exact) mass is 181 g/mol. The molecule has 2 atom stereocenters. The maximum atomic E-state index is 13.9. The van der Waals surface area contributed by atoms with Crippen molar-refractivity contribution in [2.75, 3.05) is 0 Å². The molecule has 1 radical (unpaired) electrons. The van der Waals surface area contributed by atoms with Gasteiger partial charge < -0.3 is 4.32 Å². The van der Waals surface area contributed by atoms with Crippen molar-refractivity contribution in [2.24, 2.45) is 5.92 Å². The molecule has 1 rings (SSSR count). The van der Waals surface area contributed by atoms with Crippen LogP contribution in [0.2, 0.25) is 17.9 Å². The van der Waals surface area contributed by atoms with E-state index in [1.165, 1.54) is 12.8 Å². The SMILES string of the molecule is CC[B]C1(B(F)CC)CCCC1C. The van der Waals surface area contributed by atoms with E-state index in [9.17, 15) is 4.32 Å². The predicted octanol–water partition coefficient (Wildman–Crippen LogP) is 3.63. The summed E-state index contributed by atoms with van der Waals surface area (Å²) < 4.78 is 13.9. The Kier molecular flexibility index (Phi) is 3.87. The second-order valence-electron chi connectivity index (χ2n) is 4.39. The van der Waals surface area contributed by atoms with Crippen molar-refractivity contribution in [3.05, 3.63) is 0 Å². The first-order chi connectivity index (χ1) is 6.17. The van der Waals surface area contributed by atoms with Crippen LogP contribution in [0, 0.1) is 5.92 Å². The minimum Gasteiger partial charge on any atom is -0.336 e. The highest BCUT2D eigenvalue weighted by Crippen LogP contribution is 2.52. The van der Waals surface area contributed by atoms with Gasteiger partial charge in [-0.05, 0) is 17.5 Å². The van der Waals surface area contributed by atoms with Crippen molar-refractivity contribution in [2.45, 2.75) is 57.9 Å². The molecule has 0 heterocycles. The molecule has 3 heteroatoms. The van der Waals surface area contributed by atoms with Gasteiger partial charge in [-0.15, -0.1) is 0 Å². The Morgan fingerprint density at radius 3 is 2.62 bits per heavy atom. The first-order valence-electron chi connectivity index (χ1n) is 5.65. The molecule has 0 amide bonds. The van der Waals surface area contributed by atoms with E-state index in [-0.39, 0.29) is 5.21 Å². The van der Waals surface area contributed by atoms with Gasteiger partial charge in [-0.1, -0.05) is 46.4 Å². The largest absolute Gasteiger partial charge is 0.346 e. The lowest BCUT2D eigenvalue weighted by Gasteiger charge is -2.34. The van der Waals surface area contributed by atoms with Gasteiger partial charge >= 0.3 is 6.99 Å². The molecule has 0 aromatic carbocycles. The van der Waals surface area contributed by atoms with Crippen molar-refractivity contribution < 1.29 is 4.32 Å². The lowest BCUT2D eigenvalue weighted by atomic mass is 9.27. The third kappa shape index (κ3) is 1.94. The number of rotatable bonds is 4. The van der Waals surface area contributed by atoms with Gasteiger partial charge in [-0.3, -0.25) is 0 Å². The van der Waals surface area contributed by atoms with E-state index in [1.54, 1.807) is 0 Å². The van der Waals surface area contributed by atoms with Gasteiger partial charge in [-0.2, -0.15) is 0 Å². The van der Waals surface area contributed by atoms with E-state index < -0.39 is 6.99 Å². The molecule has 0 N–H and O–H groups in total. The quantitative estimate of drug-likeness (QED) is 0.580. The Labute approximate surface area is 83.0 Å². The minimum atomic E-state index is -0.620. The molecule has 0 saturated heterocycles. The van der Waals surface area contributed by atoms with Crippen LogP contribution >= 0.6 is 0 Å². The summed E-state index contributed by atoms with van der Waals surface area (Å²) in [5, 5.41) is -0.0799. The summed E-state index contributed by atoms with van der Waals surface area (Å²) >= 11 is 0. The summed E-state index contributed by atoms with van der Waals surface area (Å²) in [6.07, 6.45) is 5.15. The van der Waals surface area contributed by atoms with Crippen LogP contribution in [-0.2, 0) is 0 Å². The molecule has 0 spiro atoms. The highest BCUT2D eigenvalue weighted by molar-refractivity contribution is 6.70. The lowest BCUT2D eigenvalue weighted by Crippen LogP contribution is -2.36. The van der Waals surface area contributed by atoms with Crippen LogP contribution < -0.4 is 0 Å². The minimum absolute atomic E-state index is 0.0799.